The van der Waals surface area contributed by atoms with E-state index in [1.807, 2.05) is 0 Å². The summed E-state index contributed by atoms with van der Waals surface area (Å²) in [6.45, 7) is 6.95. The average molecular weight is 361 g/mol. The molecule has 0 aliphatic carbocycles. The second-order valence-corrected chi connectivity index (χ2v) is 8.48. The normalized spacial score (nSPS) is 16.9. The van der Waals surface area contributed by atoms with E-state index in [1.165, 1.54) is 4.88 Å². The van der Waals surface area contributed by atoms with E-state index in [0.717, 1.165) is 52.7 Å². The first-order valence-corrected chi connectivity index (χ1v) is 9.78. The molecule has 1 saturated heterocycles. The van der Waals surface area contributed by atoms with Crippen LogP contribution < -0.4 is 5.56 Å². The van der Waals surface area contributed by atoms with Crippen LogP contribution in [0.25, 0.3) is 20.7 Å². The Labute approximate surface area is 148 Å². The van der Waals surface area contributed by atoms with Crippen LogP contribution in [-0.4, -0.2) is 53.0 Å². The summed E-state index contributed by atoms with van der Waals surface area (Å²) in [6, 6.07) is 4.17. The van der Waals surface area contributed by atoms with Gasteiger partial charge in [0.05, 0.1) is 11.9 Å². The Balaban J connectivity index is 1.65. The lowest BCUT2D eigenvalue weighted by Crippen LogP contribution is -2.44. The molecule has 1 fully saturated rings. The number of hydrogen-bond donors (Lipinski definition) is 1. The molecule has 0 atom stereocenters. The first-order valence-electron chi connectivity index (χ1n) is 8.08. The number of nitrogens with one attached hydrogen (secondary N) is 1. The van der Waals surface area contributed by atoms with Crippen LogP contribution in [0.2, 0.25) is 0 Å². The highest BCUT2D eigenvalue weighted by molar-refractivity contribution is 7.19. The standard InChI is InChI=1S/C17H20N4OS2/c1-11-3-4-13(24-11)12-10-23-17-15(12)16(22)18-14(19-17)9-21-7-5-20(2)6-8-21/h3-4,10H,5-9H2,1-2H3,(H,18,19,22). The van der Waals surface area contributed by atoms with Crippen LogP contribution in [0, 0.1) is 6.92 Å². The van der Waals surface area contributed by atoms with Crippen molar-refractivity contribution in [3.63, 3.8) is 0 Å². The smallest absolute Gasteiger partial charge is 0.260 e. The van der Waals surface area contributed by atoms with Gasteiger partial charge in [0.2, 0.25) is 0 Å². The van der Waals surface area contributed by atoms with E-state index in [0.29, 0.717) is 6.54 Å². The molecule has 24 heavy (non-hydrogen) atoms. The first-order chi connectivity index (χ1) is 11.6. The number of aromatic amines is 1. The third kappa shape index (κ3) is 3.04. The van der Waals surface area contributed by atoms with Crippen LogP contribution in [0.15, 0.2) is 22.3 Å². The molecule has 1 N–H and O–H groups in total. The van der Waals surface area contributed by atoms with E-state index in [4.69, 9.17) is 4.98 Å². The third-order valence-electron chi connectivity index (χ3n) is 4.47. The van der Waals surface area contributed by atoms with Crippen molar-refractivity contribution in [2.75, 3.05) is 33.2 Å². The van der Waals surface area contributed by atoms with E-state index in [1.54, 1.807) is 22.7 Å². The minimum atomic E-state index is -0.0218. The second-order valence-electron chi connectivity index (χ2n) is 6.33. The number of aryl methyl sites for hydroxylation is 1. The zero-order chi connectivity index (χ0) is 16.7. The van der Waals surface area contributed by atoms with Gasteiger partial charge >= 0.3 is 0 Å². The van der Waals surface area contributed by atoms with Gasteiger partial charge in [0.15, 0.2) is 0 Å². The maximum absolute atomic E-state index is 12.6. The van der Waals surface area contributed by atoms with E-state index >= 15 is 0 Å². The van der Waals surface area contributed by atoms with Crippen molar-refractivity contribution in [3.05, 3.63) is 38.6 Å². The highest BCUT2D eigenvalue weighted by Crippen LogP contribution is 2.34. The van der Waals surface area contributed by atoms with Crippen molar-refractivity contribution >= 4 is 32.9 Å². The Morgan fingerprint density at radius 3 is 2.75 bits per heavy atom. The number of thiophene rings is 2. The summed E-state index contributed by atoms with van der Waals surface area (Å²) < 4.78 is 0. The second kappa shape index (κ2) is 6.40. The van der Waals surface area contributed by atoms with Crippen LogP contribution in [0.5, 0.6) is 0 Å². The third-order valence-corrected chi connectivity index (χ3v) is 6.37. The van der Waals surface area contributed by atoms with Gasteiger partial charge in [-0.1, -0.05) is 0 Å². The topological polar surface area (TPSA) is 52.2 Å². The van der Waals surface area contributed by atoms with Crippen molar-refractivity contribution in [1.82, 2.24) is 19.8 Å². The lowest BCUT2D eigenvalue weighted by Gasteiger charge is -2.31. The Morgan fingerprint density at radius 1 is 1.25 bits per heavy atom. The molecule has 1 aliphatic heterocycles. The predicted octanol–water partition coefficient (Wildman–Crippen LogP) is 2.77. The van der Waals surface area contributed by atoms with Gasteiger partial charge in [-0.2, -0.15) is 0 Å². The van der Waals surface area contributed by atoms with E-state index in [9.17, 15) is 4.79 Å². The minimum absolute atomic E-state index is 0.0218. The summed E-state index contributed by atoms with van der Waals surface area (Å²) in [5, 5.41) is 2.78. The molecule has 4 heterocycles. The van der Waals surface area contributed by atoms with Gasteiger partial charge in [-0.05, 0) is 26.1 Å². The molecule has 4 rings (SSSR count). The van der Waals surface area contributed by atoms with Gasteiger partial charge < -0.3 is 9.88 Å². The highest BCUT2D eigenvalue weighted by atomic mass is 32.1. The van der Waals surface area contributed by atoms with Gasteiger partial charge in [0.25, 0.3) is 5.56 Å². The monoisotopic (exact) mass is 360 g/mol. The summed E-state index contributed by atoms with van der Waals surface area (Å²) in [5.41, 5.74) is 0.986. The summed E-state index contributed by atoms with van der Waals surface area (Å²) in [7, 11) is 2.14. The fourth-order valence-electron chi connectivity index (χ4n) is 3.05. The number of likely N-dealkylation sites (N-methyl/N-ethyl adjacent to an activating group) is 1. The van der Waals surface area contributed by atoms with Crippen LogP contribution in [0.4, 0.5) is 0 Å². The molecule has 0 saturated carbocycles. The maximum Gasteiger partial charge on any atom is 0.260 e. The molecular formula is C17H20N4OS2. The Kier molecular flexibility index (Phi) is 4.26. The molecule has 5 nitrogen and oxygen atoms in total. The van der Waals surface area contributed by atoms with Crippen LogP contribution in [-0.2, 0) is 6.54 Å². The number of nitrogens with zero attached hydrogens (tertiary/aromatic N) is 3. The van der Waals surface area contributed by atoms with Gasteiger partial charge in [-0.3, -0.25) is 9.69 Å². The number of H-pyrrole nitrogens is 1. The molecule has 0 radical (unpaired) electrons. The molecule has 0 aromatic carbocycles. The molecule has 1 aliphatic rings. The summed E-state index contributed by atoms with van der Waals surface area (Å²) in [6.07, 6.45) is 0. The number of hydrogen-bond acceptors (Lipinski definition) is 6. The Hall–Kier alpha value is -1.54. The fraction of sp³-hybridized carbons (Fsp3) is 0.412. The van der Waals surface area contributed by atoms with E-state index in [-0.39, 0.29) is 5.56 Å². The molecule has 0 bridgehead atoms. The highest BCUT2D eigenvalue weighted by Gasteiger charge is 2.17. The van der Waals surface area contributed by atoms with Crippen LogP contribution in [0.3, 0.4) is 0 Å². The molecule has 3 aromatic heterocycles. The zero-order valence-corrected chi connectivity index (χ0v) is 15.5. The number of fused-ring (bicyclic) bond motifs is 1. The minimum Gasteiger partial charge on any atom is -0.309 e. The van der Waals surface area contributed by atoms with Crippen molar-refractivity contribution < 1.29 is 0 Å². The predicted molar refractivity (Wildman–Crippen MR) is 101 cm³/mol. The molecule has 7 heteroatoms. The Morgan fingerprint density at radius 2 is 2.04 bits per heavy atom. The summed E-state index contributed by atoms with van der Waals surface area (Å²) in [4.78, 5) is 28.3. The number of aromatic nitrogens is 2. The zero-order valence-electron chi connectivity index (χ0n) is 13.8. The average Bonchev–Trinajstić information content (AvgIpc) is 3.16. The van der Waals surface area contributed by atoms with Crippen LogP contribution in [0.1, 0.15) is 10.7 Å². The van der Waals surface area contributed by atoms with E-state index < -0.39 is 0 Å². The molecule has 0 amide bonds. The lowest BCUT2D eigenvalue weighted by molar-refractivity contribution is 0.145. The first kappa shape index (κ1) is 16.0. The van der Waals surface area contributed by atoms with Gasteiger partial charge in [-0.15, -0.1) is 22.7 Å². The molecule has 0 spiro atoms. The van der Waals surface area contributed by atoms with Gasteiger partial charge in [0.1, 0.15) is 10.7 Å². The lowest BCUT2D eigenvalue weighted by atomic mass is 10.2. The van der Waals surface area contributed by atoms with Crippen molar-refractivity contribution in [1.29, 1.82) is 0 Å². The van der Waals surface area contributed by atoms with Gasteiger partial charge in [0, 0.05) is 46.9 Å². The van der Waals surface area contributed by atoms with Crippen LogP contribution >= 0.6 is 22.7 Å². The number of piperazine rings is 1. The van der Waals surface area contributed by atoms with Gasteiger partial charge in [-0.25, -0.2) is 4.98 Å². The summed E-state index contributed by atoms with van der Waals surface area (Å²) >= 11 is 3.27. The van der Waals surface area contributed by atoms with Crippen molar-refractivity contribution in [3.8, 4) is 10.4 Å². The molecule has 0 unspecified atom stereocenters. The quantitative estimate of drug-likeness (QED) is 0.780. The van der Waals surface area contributed by atoms with Crippen molar-refractivity contribution in [2.24, 2.45) is 0 Å². The van der Waals surface area contributed by atoms with E-state index in [2.05, 4.69) is 46.3 Å². The largest absolute Gasteiger partial charge is 0.309 e. The fourth-order valence-corrected chi connectivity index (χ4v) is 4.97. The maximum atomic E-state index is 12.6. The SMILES string of the molecule is Cc1ccc(-c2csc3nc(CN4CCN(C)CC4)[nH]c(=O)c23)s1. The summed E-state index contributed by atoms with van der Waals surface area (Å²) in [5.74, 6) is 0.771. The Bertz CT molecular complexity index is 918. The van der Waals surface area contributed by atoms with Crippen molar-refractivity contribution in [2.45, 2.75) is 13.5 Å². The number of rotatable bonds is 3. The molecule has 3 aromatic rings. The molecular weight excluding hydrogens is 340 g/mol. The molecule has 126 valence electrons.